The van der Waals surface area contributed by atoms with Gasteiger partial charge in [-0.05, 0) is 48.4 Å². The van der Waals surface area contributed by atoms with Crippen LogP contribution < -0.4 is 16.0 Å². The average molecular weight is 339 g/mol. The molecule has 1 aromatic carbocycles. The van der Waals surface area contributed by atoms with E-state index in [0.717, 1.165) is 29.7 Å². The second kappa shape index (κ2) is 6.46. The van der Waals surface area contributed by atoms with Crippen molar-refractivity contribution in [3.8, 4) is 5.75 Å². The minimum absolute atomic E-state index is 0.359. The molecule has 0 aromatic heterocycles. The predicted octanol–water partition coefficient (Wildman–Crippen LogP) is 3.34. The number of hydrogen-bond acceptors (Lipinski definition) is 3. The minimum atomic E-state index is 0.359. The molecule has 1 unspecified atom stereocenters. The number of hydrogen-bond donors (Lipinski definition) is 2. The molecule has 1 aromatic rings. The summed E-state index contributed by atoms with van der Waals surface area (Å²) in [5.74, 6) is 7.63. The lowest BCUT2D eigenvalue weighted by Gasteiger charge is -2.30. The van der Waals surface area contributed by atoms with Crippen molar-refractivity contribution in [2.75, 3.05) is 6.61 Å². The second-order valence-electron chi connectivity index (χ2n) is 6.03. The molecule has 0 amide bonds. The van der Waals surface area contributed by atoms with Crippen LogP contribution in [0.1, 0.15) is 43.2 Å². The first-order valence-corrected chi connectivity index (χ1v) is 8.47. The van der Waals surface area contributed by atoms with Crippen LogP contribution in [0, 0.1) is 5.92 Å². The molecule has 110 valence electrons. The monoisotopic (exact) mass is 338 g/mol. The van der Waals surface area contributed by atoms with Crippen LogP contribution in [-0.2, 0) is 12.8 Å². The third-order valence-corrected chi connectivity index (χ3v) is 5.16. The normalized spacial score (nSPS) is 20.5. The van der Waals surface area contributed by atoms with Gasteiger partial charge in [0.2, 0.25) is 0 Å². The molecule has 0 spiro atoms. The molecular formula is C16H23BrN2O. The maximum atomic E-state index is 5.83. The lowest BCUT2D eigenvalue weighted by atomic mass is 9.81. The van der Waals surface area contributed by atoms with Crippen LogP contribution in [0.25, 0.3) is 0 Å². The van der Waals surface area contributed by atoms with Crippen molar-refractivity contribution in [3.05, 3.63) is 27.7 Å². The van der Waals surface area contributed by atoms with Crippen LogP contribution in [0.3, 0.4) is 0 Å². The van der Waals surface area contributed by atoms with Crippen molar-refractivity contribution in [3.63, 3.8) is 0 Å². The van der Waals surface area contributed by atoms with Gasteiger partial charge in [0, 0.05) is 16.9 Å². The van der Waals surface area contributed by atoms with Crippen molar-refractivity contribution in [1.29, 1.82) is 0 Å². The van der Waals surface area contributed by atoms with E-state index in [9.17, 15) is 0 Å². The van der Waals surface area contributed by atoms with E-state index in [1.165, 1.54) is 43.2 Å². The highest BCUT2D eigenvalue weighted by molar-refractivity contribution is 9.10. The Kier molecular flexibility index (Phi) is 4.64. The van der Waals surface area contributed by atoms with E-state index in [1.807, 2.05) is 0 Å². The van der Waals surface area contributed by atoms with Gasteiger partial charge >= 0.3 is 0 Å². The Hall–Kier alpha value is -0.580. The van der Waals surface area contributed by atoms with Crippen LogP contribution in [-0.4, -0.2) is 12.6 Å². The number of halogens is 1. The molecule has 3 N–H and O–H groups in total. The van der Waals surface area contributed by atoms with Gasteiger partial charge in [-0.15, -0.1) is 0 Å². The number of fused-ring (bicyclic) bond motifs is 1. The van der Waals surface area contributed by atoms with Crippen LogP contribution in [0.15, 0.2) is 16.6 Å². The third-order valence-electron chi connectivity index (χ3n) is 4.70. The molecule has 1 saturated carbocycles. The summed E-state index contributed by atoms with van der Waals surface area (Å²) in [6.07, 6.45) is 8.64. The smallest absolute Gasteiger partial charge is 0.125 e. The van der Waals surface area contributed by atoms with Crippen LogP contribution in [0.4, 0.5) is 0 Å². The van der Waals surface area contributed by atoms with Gasteiger partial charge in [0.15, 0.2) is 0 Å². The molecular weight excluding hydrogens is 316 g/mol. The molecule has 20 heavy (non-hydrogen) atoms. The number of benzene rings is 1. The average Bonchev–Trinajstić information content (AvgIpc) is 2.93. The van der Waals surface area contributed by atoms with Gasteiger partial charge in [-0.2, -0.15) is 0 Å². The van der Waals surface area contributed by atoms with Crippen molar-refractivity contribution < 1.29 is 4.74 Å². The fourth-order valence-corrected chi connectivity index (χ4v) is 4.19. The fourth-order valence-electron chi connectivity index (χ4n) is 3.63. The molecule has 2 aliphatic rings. The molecule has 3 nitrogen and oxygen atoms in total. The molecule has 1 aliphatic heterocycles. The third kappa shape index (κ3) is 3.02. The Bertz CT molecular complexity index is 472. The van der Waals surface area contributed by atoms with Gasteiger partial charge in [-0.1, -0.05) is 35.2 Å². The van der Waals surface area contributed by atoms with Gasteiger partial charge in [-0.25, -0.2) is 0 Å². The SMILES string of the molecule is NNC(Cc1cc(Br)cc2c1OCC2)C1CCCCC1. The Morgan fingerprint density at radius 2 is 2.10 bits per heavy atom. The van der Waals surface area contributed by atoms with Crippen molar-refractivity contribution in [2.24, 2.45) is 11.8 Å². The Balaban J connectivity index is 1.78. The second-order valence-corrected chi connectivity index (χ2v) is 6.94. The summed E-state index contributed by atoms with van der Waals surface area (Å²) in [6.45, 7) is 0.808. The van der Waals surface area contributed by atoms with Gasteiger partial charge in [0.05, 0.1) is 6.61 Å². The molecule has 3 rings (SSSR count). The first kappa shape index (κ1) is 14.4. The number of hydrazine groups is 1. The lowest BCUT2D eigenvalue weighted by molar-refractivity contribution is 0.266. The quantitative estimate of drug-likeness (QED) is 0.653. The Morgan fingerprint density at radius 1 is 1.30 bits per heavy atom. The van der Waals surface area contributed by atoms with Crippen molar-refractivity contribution in [2.45, 2.75) is 51.0 Å². The van der Waals surface area contributed by atoms with Gasteiger partial charge in [-0.3, -0.25) is 11.3 Å². The standard InChI is InChI=1S/C16H23BrN2O/c17-14-8-12-6-7-20-16(12)13(9-14)10-15(19-18)11-4-2-1-3-5-11/h8-9,11,15,19H,1-7,10,18H2. The summed E-state index contributed by atoms with van der Waals surface area (Å²) in [5, 5.41) is 0. The van der Waals surface area contributed by atoms with Crippen molar-refractivity contribution >= 4 is 15.9 Å². The van der Waals surface area contributed by atoms with Crippen LogP contribution in [0.5, 0.6) is 5.75 Å². The maximum absolute atomic E-state index is 5.83. The summed E-state index contributed by atoms with van der Waals surface area (Å²) in [4.78, 5) is 0. The summed E-state index contributed by atoms with van der Waals surface area (Å²) >= 11 is 3.62. The number of rotatable bonds is 4. The first-order valence-electron chi connectivity index (χ1n) is 7.68. The van der Waals surface area contributed by atoms with E-state index in [-0.39, 0.29) is 0 Å². The lowest BCUT2D eigenvalue weighted by Crippen LogP contribution is -2.43. The maximum Gasteiger partial charge on any atom is 0.125 e. The van der Waals surface area contributed by atoms with E-state index < -0.39 is 0 Å². The molecule has 0 bridgehead atoms. The highest BCUT2D eigenvalue weighted by Gasteiger charge is 2.26. The zero-order valence-corrected chi connectivity index (χ0v) is 13.4. The fraction of sp³-hybridized carbons (Fsp3) is 0.625. The minimum Gasteiger partial charge on any atom is -0.493 e. The highest BCUT2D eigenvalue weighted by atomic mass is 79.9. The van der Waals surface area contributed by atoms with E-state index in [2.05, 4.69) is 33.5 Å². The highest BCUT2D eigenvalue weighted by Crippen LogP contribution is 2.35. The van der Waals surface area contributed by atoms with E-state index in [1.54, 1.807) is 0 Å². The van der Waals surface area contributed by atoms with E-state index >= 15 is 0 Å². The first-order chi connectivity index (χ1) is 9.78. The molecule has 1 aliphatic carbocycles. The van der Waals surface area contributed by atoms with Gasteiger partial charge in [0.25, 0.3) is 0 Å². The molecule has 1 atom stereocenters. The largest absolute Gasteiger partial charge is 0.493 e. The Morgan fingerprint density at radius 3 is 2.85 bits per heavy atom. The van der Waals surface area contributed by atoms with Crippen molar-refractivity contribution in [1.82, 2.24) is 5.43 Å². The molecule has 4 heteroatoms. The molecule has 1 fully saturated rings. The molecule has 1 heterocycles. The summed E-state index contributed by atoms with van der Waals surface area (Å²) < 4.78 is 6.98. The van der Waals surface area contributed by atoms with E-state index in [0.29, 0.717) is 12.0 Å². The molecule has 0 radical (unpaired) electrons. The predicted molar refractivity (Wildman–Crippen MR) is 84.7 cm³/mol. The van der Waals surface area contributed by atoms with Gasteiger partial charge < -0.3 is 4.74 Å². The number of nitrogens with one attached hydrogen (secondary N) is 1. The summed E-state index contributed by atoms with van der Waals surface area (Å²) in [7, 11) is 0. The summed E-state index contributed by atoms with van der Waals surface area (Å²) in [6, 6.07) is 4.73. The summed E-state index contributed by atoms with van der Waals surface area (Å²) in [5.41, 5.74) is 5.68. The zero-order chi connectivity index (χ0) is 13.9. The molecule has 0 saturated heterocycles. The van der Waals surface area contributed by atoms with Gasteiger partial charge in [0.1, 0.15) is 5.75 Å². The zero-order valence-electron chi connectivity index (χ0n) is 11.8. The van der Waals surface area contributed by atoms with Crippen LogP contribution >= 0.6 is 15.9 Å². The Labute approximate surface area is 129 Å². The topological polar surface area (TPSA) is 47.3 Å². The number of nitrogens with two attached hydrogens (primary N) is 1. The van der Waals surface area contributed by atoms with Crippen LogP contribution in [0.2, 0.25) is 0 Å². The van der Waals surface area contributed by atoms with E-state index in [4.69, 9.17) is 10.6 Å². The number of ether oxygens (including phenoxy) is 1.